The molecule has 1 rings (SSSR count). The number of rotatable bonds is 7. The van der Waals surface area contributed by atoms with Crippen molar-refractivity contribution in [1.29, 1.82) is 0 Å². The lowest BCUT2D eigenvalue weighted by molar-refractivity contribution is -0.123. The zero-order valence-electron chi connectivity index (χ0n) is 11.4. The fourth-order valence-electron chi connectivity index (χ4n) is 1.54. The molecule has 1 aromatic rings. The molecule has 0 aromatic heterocycles. The van der Waals surface area contributed by atoms with Gasteiger partial charge in [-0.3, -0.25) is 4.79 Å². The van der Waals surface area contributed by atoms with Crippen LogP contribution in [-0.2, 0) is 14.6 Å². The second-order valence-corrected chi connectivity index (χ2v) is 7.72. The van der Waals surface area contributed by atoms with Gasteiger partial charge in [-0.1, -0.05) is 22.9 Å². The summed E-state index contributed by atoms with van der Waals surface area (Å²) in [5, 5.41) is 2.60. The van der Waals surface area contributed by atoms with Crippen LogP contribution in [0.15, 0.2) is 28.7 Å². The van der Waals surface area contributed by atoms with Crippen LogP contribution in [0.4, 0.5) is 0 Å². The van der Waals surface area contributed by atoms with Crippen molar-refractivity contribution >= 4 is 31.7 Å². The highest BCUT2D eigenvalue weighted by molar-refractivity contribution is 9.10. The first-order valence-corrected chi connectivity index (χ1v) is 8.82. The van der Waals surface area contributed by atoms with Crippen LogP contribution < -0.4 is 10.1 Å². The van der Waals surface area contributed by atoms with E-state index in [-0.39, 0.29) is 24.0 Å². The molecule has 0 aliphatic carbocycles. The average molecular weight is 364 g/mol. The lowest BCUT2D eigenvalue weighted by Gasteiger charge is -2.14. The third-order valence-electron chi connectivity index (χ3n) is 2.53. The largest absolute Gasteiger partial charge is 0.484 e. The minimum Gasteiger partial charge on any atom is -0.484 e. The fraction of sp³-hybridized carbons (Fsp3) is 0.462. The summed E-state index contributed by atoms with van der Waals surface area (Å²) in [6, 6.07) is 6.67. The number of sulfone groups is 1. The molecule has 7 heteroatoms. The van der Waals surface area contributed by atoms with Gasteiger partial charge in [0.05, 0.1) is 5.75 Å². The van der Waals surface area contributed by atoms with Crippen LogP contribution >= 0.6 is 15.9 Å². The van der Waals surface area contributed by atoms with Crippen molar-refractivity contribution in [2.45, 2.75) is 19.9 Å². The monoisotopic (exact) mass is 363 g/mol. The zero-order chi connectivity index (χ0) is 15.2. The van der Waals surface area contributed by atoms with E-state index in [1.54, 1.807) is 26.0 Å². The summed E-state index contributed by atoms with van der Waals surface area (Å²) in [5.41, 5.74) is 0. The molecule has 0 heterocycles. The van der Waals surface area contributed by atoms with Crippen LogP contribution in [0.1, 0.15) is 13.8 Å². The maximum absolute atomic E-state index is 11.6. The molecule has 20 heavy (non-hydrogen) atoms. The Morgan fingerprint density at radius 3 is 2.50 bits per heavy atom. The average Bonchev–Trinajstić information content (AvgIpc) is 2.37. The lowest BCUT2D eigenvalue weighted by atomic mass is 10.3. The number of amides is 1. The van der Waals surface area contributed by atoms with E-state index in [4.69, 9.17) is 4.74 Å². The minimum atomic E-state index is -3.10. The highest BCUT2D eigenvalue weighted by Gasteiger charge is 2.15. The molecule has 0 saturated heterocycles. The number of halogens is 1. The molecule has 5 nitrogen and oxygen atoms in total. The Labute approximate surface area is 127 Å². The second kappa shape index (κ2) is 7.64. The Kier molecular flexibility index (Phi) is 6.48. The van der Waals surface area contributed by atoms with Crippen LogP contribution in [0.5, 0.6) is 5.75 Å². The topological polar surface area (TPSA) is 72.5 Å². The number of nitrogens with one attached hydrogen (secondary N) is 1. The summed E-state index contributed by atoms with van der Waals surface area (Å²) in [5.74, 6) is 0.250. The summed E-state index contributed by atoms with van der Waals surface area (Å²) in [7, 11) is -3.10. The van der Waals surface area contributed by atoms with Crippen molar-refractivity contribution in [2.24, 2.45) is 0 Å². The van der Waals surface area contributed by atoms with E-state index in [0.717, 1.165) is 4.47 Å². The van der Waals surface area contributed by atoms with Crippen molar-refractivity contribution in [3.8, 4) is 5.75 Å². The standard InChI is InChI=1S/C13H18BrNO4S/c1-3-20(17,18)9-10(2)15-13(16)8-19-12-6-4-11(14)5-7-12/h4-7,10H,3,8-9H2,1-2H3,(H,15,16)/t10-/m1/s1. The molecular formula is C13H18BrNO4S. The summed E-state index contributed by atoms with van der Waals surface area (Å²) in [6.45, 7) is 3.10. The van der Waals surface area contributed by atoms with Gasteiger partial charge >= 0.3 is 0 Å². The van der Waals surface area contributed by atoms with E-state index in [1.807, 2.05) is 12.1 Å². The van der Waals surface area contributed by atoms with Crippen molar-refractivity contribution in [3.05, 3.63) is 28.7 Å². The molecule has 112 valence electrons. The molecule has 0 aliphatic rings. The first-order valence-electron chi connectivity index (χ1n) is 6.20. The summed E-state index contributed by atoms with van der Waals surface area (Å²) < 4.78 is 29.1. The van der Waals surface area contributed by atoms with Crippen molar-refractivity contribution in [1.82, 2.24) is 5.32 Å². The maximum Gasteiger partial charge on any atom is 0.258 e. The van der Waals surface area contributed by atoms with E-state index in [2.05, 4.69) is 21.2 Å². The summed E-state index contributed by atoms with van der Waals surface area (Å²) in [4.78, 5) is 11.6. The predicted molar refractivity (Wildman–Crippen MR) is 81.6 cm³/mol. The Hall–Kier alpha value is -1.08. The Morgan fingerprint density at radius 1 is 1.35 bits per heavy atom. The van der Waals surface area contributed by atoms with E-state index >= 15 is 0 Å². The highest BCUT2D eigenvalue weighted by Crippen LogP contribution is 2.15. The van der Waals surface area contributed by atoms with Crippen LogP contribution in [0.25, 0.3) is 0 Å². The molecule has 0 aliphatic heterocycles. The van der Waals surface area contributed by atoms with Gasteiger partial charge in [0.15, 0.2) is 16.4 Å². The maximum atomic E-state index is 11.6. The van der Waals surface area contributed by atoms with Crippen LogP contribution in [-0.4, -0.2) is 38.5 Å². The summed E-state index contributed by atoms with van der Waals surface area (Å²) >= 11 is 3.30. The van der Waals surface area contributed by atoms with Gasteiger partial charge in [0.2, 0.25) is 0 Å². The molecule has 0 saturated carbocycles. The lowest BCUT2D eigenvalue weighted by Crippen LogP contribution is -2.40. The number of carbonyl (C=O) groups excluding carboxylic acids is 1. The SMILES string of the molecule is CCS(=O)(=O)C[C@@H](C)NC(=O)COc1ccc(Br)cc1. The van der Waals surface area contributed by atoms with Gasteiger partial charge in [0.25, 0.3) is 5.91 Å². The van der Waals surface area contributed by atoms with Gasteiger partial charge in [-0.2, -0.15) is 0 Å². The van der Waals surface area contributed by atoms with E-state index in [1.165, 1.54) is 0 Å². The summed E-state index contributed by atoms with van der Waals surface area (Å²) in [6.07, 6.45) is 0. The molecule has 1 aromatic carbocycles. The second-order valence-electron chi connectivity index (χ2n) is 4.41. The molecule has 1 N–H and O–H groups in total. The number of benzene rings is 1. The highest BCUT2D eigenvalue weighted by atomic mass is 79.9. The van der Waals surface area contributed by atoms with Gasteiger partial charge in [0, 0.05) is 16.3 Å². The van der Waals surface area contributed by atoms with Crippen LogP contribution in [0.3, 0.4) is 0 Å². The van der Waals surface area contributed by atoms with E-state index in [9.17, 15) is 13.2 Å². The molecule has 0 fully saturated rings. The molecule has 0 bridgehead atoms. The van der Waals surface area contributed by atoms with E-state index in [0.29, 0.717) is 5.75 Å². The number of hydrogen-bond acceptors (Lipinski definition) is 4. The smallest absolute Gasteiger partial charge is 0.258 e. The van der Waals surface area contributed by atoms with Gasteiger partial charge in [-0.15, -0.1) is 0 Å². The molecular weight excluding hydrogens is 346 g/mol. The third-order valence-corrected chi connectivity index (χ3v) is 4.95. The normalized spacial score (nSPS) is 12.8. The van der Waals surface area contributed by atoms with Gasteiger partial charge < -0.3 is 10.1 Å². The Morgan fingerprint density at radius 2 is 1.95 bits per heavy atom. The number of hydrogen-bond donors (Lipinski definition) is 1. The van der Waals surface area contributed by atoms with Crippen molar-refractivity contribution in [3.63, 3.8) is 0 Å². The Bertz CT molecular complexity index is 542. The number of carbonyl (C=O) groups is 1. The van der Waals surface area contributed by atoms with Crippen molar-refractivity contribution < 1.29 is 17.9 Å². The fourth-order valence-corrected chi connectivity index (χ4v) is 2.88. The number of ether oxygens (including phenoxy) is 1. The van der Waals surface area contributed by atoms with Crippen LogP contribution in [0.2, 0.25) is 0 Å². The first-order chi connectivity index (χ1) is 9.32. The van der Waals surface area contributed by atoms with Gasteiger partial charge in [-0.05, 0) is 31.2 Å². The minimum absolute atomic E-state index is 0.0620. The molecule has 1 amide bonds. The third kappa shape index (κ3) is 6.38. The van der Waals surface area contributed by atoms with Gasteiger partial charge in [0.1, 0.15) is 5.75 Å². The quantitative estimate of drug-likeness (QED) is 0.801. The first kappa shape index (κ1) is 17.0. The molecule has 0 unspecified atom stereocenters. The van der Waals surface area contributed by atoms with E-state index < -0.39 is 15.9 Å². The predicted octanol–water partition coefficient (Wildman–Crippen LogP) is 1.77. The van der Waals surface area contributed by atoms with Gasteiger partial charge in [-0.25, -0.2) is 8.42 Å². The molecule has 1 atom stereocenters. The zero-order valence-corrected chi connectivity index (χ0v) is 13.8. The molecule has 0 radical (unpaired) electrons. The van der Waals surface area contributed by atoms with Crippen LogP contribution in [0, 0.1) is 0 Å². The molecule has 0 spiro atoms. The Balaban J connectivity index is 2.38. The van der Waals surface area contributed by atoms with Crippen molar-refractivity contribution in [2.75, 3.05) is 18.1 Å².